The minimum absolute atomic E-state index is 0.00994. The van der Waals surface area contributed by atoms with Gasteiger partial charge in [-0.3, -0.25) is 38.4 Å². The summed E-state index contributed by atoms with van der Waals surface area (Å²) in [5, 5.41) is 30.1. The molecule has 0 spiro atoms. The highest BCUT2D eigenvalue weighted by atomic mass is 19.2. The lowest BCUT2D eigenvalue weighted by Gasteiger charge is -2.35. The Morgan fingerprint density at radius 3 is 1.64 bits per heavy atom. The number of carbonyl (C=O) groups excluding carboxylic acids is 6. The Kier molecular flexibility index (Phi) is 26.5. The number of aromatic nitrogens is 2. The molecular formula is C72H71F6N9O17. The van der Waals surface area contributed by atoms with Gasteiger partial charge in [-0.1, -0.05) is 78.9 Å². The molecule has 2 fully saturated rings. The van der Waals surface area contributed by atoms with Crippen LogP contribution in [0.2, 0.25) is 0 Å². The zero-order chi connectivity index (χ0) is 74.7. The van der Waals surface area contributed by atoms with Crippen LogP contribution < -0.4 is 52.8 Å². The second-order valence-corrected chi connectivity index (χ2v) is 23.7. The zero-order valence-electron chi connectivity index (χ0n) is 55.9. The number of aliphatic hydroxyl groups excluding tert-OH is 1. The number of nitrogens with one attached hydrogen (secondary N) is 4. The van der Waals surface area contributed by atoms with Gasteiger partial charge in [0.15, 0.2) is 22.9 Å². The van der Waals surface area contributed by atoms with E-state index in [1.54, 1.807) is 61.5 Å². The molecule has 548 valence electrons. The van der Waals surface area contributed by atoms with E-state index in [9.17, 15) is 79.7 Å². The van der Waals surface area contributed by atoms with Crippen LogP contribution in [0.15, 0.2) is 153 Å². The number of rotatable bonds is 18. The van der Waals surface area contributed by atoms with Crippen molar-refractivity contribution < 1.29 is 93.4 Å². The maximum atomic E-state index is 14.0. The van der Waals surface area contributed by atoms with Gasteiger partial charge in [-0.15, -0.1) is 0 Å². The molecule has 104 heavy (non-hydrogen) atoms. The molecule has 2 saturated heterocycles. The topological polar surface area (TPSA) is 344 Å². The molecule has 5 aromatic carbocycles. The van der Waals surface area contributed by atoms with Gasteiger partial charge in [0.2, 0.25) is 22.0 Å². The number of aliphatic hydroxyl groups is 1. The van der Waals surface area contributed by atoms with Gasteiger partial charge in [0, 0.05) is 118 Å². The number of nitrogens with zero attached hydrogens (tertiary/aromatic N) is 4. The molecule has 8 aromatic rings. The first-order chi connectivity index (χ1) is 50.0. The Morgan fingerprint density at radius 2 is 1.12 bits per heavy atom. The Labute approximate surface area is 588 Å². The van der Waals surface area contributed by atoms with Gasteiger partial charge in [0.05, 0.1) is 46.2 Å². The van der Waals surface area contributed by atoms with Crippen molar-refractivity contribution in [1.29, 1.82) is 0 Å². The van der Waals surface area contributed by atoms with Crippen LogP contribution in [0.25, 0.3) is 0 Å². The molecule has 0 saturated carbocycles. The summed E-state index contributed by atoms with van der Waals surface area (Å²) in [6, 6.07) is 26.1. The van der Waals surface area contributed by atoms with Gasteiger partial charge < -0.3 is 84.2 Å². The summed E-state index contributed by atoms with van der Waals surface area (Å²) in [4.78, 5) is 117. The lowest BCUT2D eigenvalue weighted by atomic mass is 10.1. The minimum atomic E-state index is -0.998. The Bertz CT molecular complexity index is 4640. The first-order valence-electron chi connectivity index (χ1n) is 32.3. The highest BCUT2D eigenvalue weighted by Gasteiger charge is 2.38. The molecule has 8 N–H and O–H groups in total. The molecule has 26 nitrogen and oxygen atoms in total. The number of hydrogen-bond donors (Lipinski definition) is 7. The summed E-state index contributed by atoms with van der Waals surface area (Å²) in [7, 11) is 1.10. The van der Waals surface area contributed by atoms with Crippen LogP contribution >= 0.6 is 0 Å². The molecule has 2 bridgehead atoms. The smallest absolute Gasteiger partial charge is 0.378 e. The Morgan fingerprint density at radius 1 is 0.615 bits per heavy atom. The van der Waals surface area contributed by atoms with E-state index in [0.29, 0.717) is 50.1 Å². The summed E-state index contributed by atoms with van der Waals surface area (Å²) >= 11 is 0. The highest BCUT2D eigenvalue weighted by molar-refractivity contribution is 6.00. The molecule has 12 rings (SSSR count). The molecular weight excluding hydrogens is 1380 g/mol. The van der Waals surface area contributed by atoms with Gasteiger partial charge in [-0.2, -0.15) is 0 Å². The maximum Gasteiger partial charge on any atom is 0.378 e. The number of β-amino-alcohol motifs (C(OH)–C–C–N with tert-alkyl or cyclic N) is 1. The number of esters is 1. The van der Waals surface area contributed by atoms with Crippen molar-refractivity contribution in [2.24, 2.45) is 5.73 Å². The molecule has 4 aliphatic rings. The van der Waals surface area contributed by atoms with Crippen LogP contribution in [0, 0.1) is 34.9 Å². The Balaban J connectivity index is 0.000000172. The first kappa shape index (κ1) is 76.7. The third kappa shape index (κ3) is 19.2. The summed E-state index contributed by atoms with van der Waals surface area (Å²) in [5.74, 6) is -11.3. The van der Waals surface area contributed by atoms with Gasteiger partial charge in [0.1, 0.15) is 71.1 Å². The van der Waals surface area contributed by atoms with E-state index in [1.807, 2.05) is 6.07 Å². The number of benzene rings is 5. The van der Waals surface area contributed by atoms with E-state index < -0.39 is 110 Å². The van der Waals surface area contributed by atoms with Crippen LogP contribution in [0.4, 0.5) is 26.3 Å². The van der Waals surface area contributed by atoms with Crippen LogP contribution in [0.3, 0.4) is 0 Å². The van der Waals surface area contributed by atoms with Crippen molar-refractivity contribution in [2.75, 3.05) is 79.4 Å². The van der Waals surface area contributed by atoms with Crippen LogP contribution in [0.5, 0.6) is 17.2 Å². The monoisotopic (exact) mass is 1450 g/mol. The normalized spacial score (nSPS) is 15.8. The predicted octanol–water partition coefficient (Wildman–Crippen LogP) is 5.58. The fraction of sp³-hybridized carbons (Fsp3) is 0.292. The van der Waals surface area contributed by atoms with Gasteiger partial charge in [-0.05, 0) is 36.2 Å². The third-order valence-corrected chi connectivity index (χ3v) is 16.4. The van der Waals surface area contributed by atoms with Crippen LogP contribution in [-0.2, 0) is 47.1 Å². The molecule has 0 aliphatic carbocycles. The minimum Gasteiger partial charge on any atom is -0.503 e. The SMILES string of the molecule is COC(=O)c1occ(C(=O)NCc2ccc(F)cc2F)c(=O)c1OCc1ccccc1.C[C@H]1CN(CCO)C(=O)c2c(OCc3ccccc3)c(=O)c(C(=O)NCc3ccc(F)cc3F)cn21.N[C@@H]1CNCCOC1.O=C(NCc1ccc(F)cc1F)c1cn2c(c(O)c1=O)C(=O)N1CCOC[C@H]2C1. The predicted molar refractivity (Wildman–Crippen MR) is 359 cm³/mol. The van der Waals surface area contributed by atoms with E-state index in [-0.39, 0.29) is 122 Å². The summed E-state index contributed by atoms with van der Waals surface area (Å²) in [6.07, 6.45) is 3.30. The number of aromatic hydroxyl groups is 1. The van der Waals surface area contributed by atoms with Crippen LogP contribution in [0.1, 0.15) is 109 Å². The van der Waals surface area contributed by atoms with Gasteiger partial charge >= 0.3 is 5.97 Å². The molecule has 7 heterocycles. The molecule has 0 unspecified atom stereocenters. The zero-order valence-corrected chi connectivity index (χ0v) is 55.9. The number of hydrogen-bond acceptors (Lipinski definition) is 19. The Hall–Kier alpha value is -11.5. The number of nitrogens with two attached hydrogens (primary N) is 1. The fourth-order valence-electron chi connectivity index (χ4n) is 11.0. The standard InChI is InChI=1S/C26H25F2N3O5.C22H17F2NO6.C19H17F2N3O5.C5H12N2O/c1-16-13-30(9-10-32)26(35)22-24(36-15-17-5-3-2-4-6-17)23(33)20(14-31(16)22)25(34)29-12-18-7-8-19(27)11-21(18)28;1-29-22(28)20-19(30-11-13-5-3-2-4-6-13)18(26)16(12-31-20)21(27)25-10-14-7-8-15(23)9-17(14)24;20-11-2-1-10(14(21)5-11)6-22-18(27)13-8-24-12-7-23(3-4-29-9-12)19(28)15(24)17(26)16(13)25;6-5-3-7-1-2-8-4-5/h2-8,11,14,16,32H,9-10,12-13,15H2,1H3,(H,29,34);2-9,12H,10-11H2,1H3,(H,25,27);1-2,5,8,12,26H,3-4,6-7,9H2,(H,22,27);5,7H,1-4,6H2/t16-;;12-;5-/m0.11/s1. The average molecular weight is 1450 g/mol. The quantitative estimate of drug-likeness (QED) is 0.0407. The largest absolute Gasteiger partial charge is 0.503 e. The second-order valence-electron chi connectivity index (χ2n) is 23.7. The number of pyridine rings is 2. The number of fused-ring (bicyclic) bond motifs is 5. The second kappa shape index (κ2) is 35.9. The lowest BCUT2D eigenvalue weighted by molar-refractivity contribution is 0.0550. The van der Waals surface area contributed by atoms with Crippen molar-refractivity contribution in [3.63, 3.8) is 0 Å². The fourth-order valence-corrected chi connectivity index (χ4v) is 11.0. The lowest BCUT2D eigenvalue weighted by Crippen LogP contribution is -2.46. The number of ether oxygens (including phenoxy) is 5. The van der Waals surface area contributed by atoms with E-state index in [2.05, 4.69) is 26.0 Å². The molecule has 4 aliphatic heterocycles. The van der Waals surface area contributed by atoms with Crippen molar-refractivity contribution in [3.05, 3.63) is 261 Å². The van der Waals surface area contributed by atoms with E-state index in [1.165, 1.54) is 49.5 Å². The molecule has 5 amide bonds. The molecule has 3 aromatic heterocycles. The highest BCUT2D eigenvalue weighted by Crippen LogP contribution is 2.30. The van der Waals surface area contributed by atoms with Gasteiger partial charge in [-0.25, -0.2) is 31.1 Å². The third-order valence-electron chi connectivity index (χ3n) is 16.4. The van der Waals surface area contributed by atoms with E-state index in [4.69, 9.17) is 29.1 Å². The van der Waals surface area contributed by atoms with Gasteiger partial charge in [0.25, 0.3) is 35.3 Å². The summed E-state index contributed by atoms with van der Waals surface area (Å²) < 4.78 is 115. The van der Waals surface area contributed by atoms with E-state index >= 15 is 0 Å². The van der Waals surface area contributed by atoms with Crippen molar-refractivity contribution in [1.82, 2.24) is 40.2 Å². The number of amides is 5. The van der Waals surface area contributed by atoms with Crippen molar-refractivity contribution >= 4 is 35.5 Å². The van der Waals surface area contributed by atoms with Crippen molar-refractivity contribution in [2.45, 2.75) is 57.9 Å². The molecule has 0 radical (unpaired) electrons. The average Bonchev–Trinajstić information content (AvgIpc) is 0.850. The summed E-state index contributed by atoms with van der Waals surface area (Å²) in [5.41, 5.74) is 3.09. The number of halogens is 6. The number of carbonyl (C=O) groups is 6. The summed E-state index contributed by atoms with van der Waals surface area (Å²) in [6.45, 7) is 5.54. The molecule has 3 atom stereocenters. The maximum absolute atomic E-state index is 14.0. The number of methoxy groups -OCH3 is 1. The van der Waals surface area contributed by atoms with Crippen molar-refractivity contribution in [3.8, 4) is 17.2 Å². The van der Waals surface area contributed by atoms with Crippen LogP contribution in [-0.4, -0.2) is 150 Å². The van der Waals surface area contributed by atoms with E-state index in [0.717, 1.165) is 56.8 Å². The molecule has 32 heteroatoms. The first-order valence-corrected chi connectivity index (χ1v) is 32.3.